The van der Waals surface area contributed by atoms with Gasteiger partial charge in [-0.15, -0.1) is 0 Å². The molecular formula is C16H32F3N3O. The Balaban J connectivity index is 2.41. The maximum absolute atomic E-state index is 12.4. The molecule has 0 aliphatic carbocycles. The highest BCUT2D eigenvalue weighted by molar-refractivity contribution is 4.89. The molecule has 2 N–H and O–H groups in total. The Hall–Kier alpha value is -0.370. The molecule has 0 saturated carbocycles. The number of ether oxygens (including phenoxy) is 1. The molecule has 4 nitrogen and oxygen atoms in total. The Morgan fingerprint density at radius 2 is 1.61 bits per heavy atom. The molecule has 0 amide bonds. The summed E-state index contributed by atoms with van der Waals surface area (Å²) in [5, 5.41) is 6.16. The second kappa shape index (κ2) is 8.14. The van der Waals surface area contributed by atoms with Gasteiger partial charge in [-0.2, -0.15) is 13.2 Å². The molecule has 1 atom stereocenters. The molecule has 1 saturated heterocycles. The van der Waals surface area contributed by atoms with Crippen LogP contribution < -0.4 is 10.6 Å². The van der Waals surface area contributed by atoms with Crippen molar-refractivity contribution in [1.82, 2.24) is 15.5 Å². The lowest BCUT2D eigenvalue weighted by Gasteiger charge is -2.39. The van der Waals surface area contributed by atoms with Crippen LogP contribution in [0.15, 0.2) is 0 Å². The van der Waals surface area contributed by atoms with Gasteiger partial charge < -0.3 is 15.4 Å². The van der Waals surface area contributed by atoms with Crippen molar-refractivity contribution in [3.8, 4) is 0 Å². The van der Waals surface area contributed by atoms with Crippen molar-refractivity contribution < 1.29 is 17.9 Å². The molecular weight excluding hydrogens is 307 g/mol. The van der Waals surface area contributed by atoms with Gasteiger partial charge >= 0.3 is 6.18 Å². The van der Waals surface area contributed by atoms with Gasteiger partial charge in [0.05, 0.1) is 19.8 Å². The first-order chi connectivity index (χ1) is 10.4. The summed E-state index contributed by atoms with van der Waals surface area (Å²) in [6, 6.07) is 0.113. The number of morpholine rings is 1. The van der Waals surface area contributed by atoms with Gasteiger partial charge in [0.25, 0.3) is 0 Å². The van der Waals surface area contributed by atoms with Gasteiger partial charge in [-0.05, 0) is 41.0 Å². The molecule has 138 valence electrons. The maximum atomic E-state index is 12.4. The number of nitrogens with one attached hydrogen (secondary N) is 2. The smallest absolute Gasteiger partial charge is 0.379 e. The van der Waals surface area contributed by atoms with E-state index in [0.717, 1.165) is 32.8 Å². The quantitative estimate of drug-likeness (QED) is 0.712. The molecule has 0 aromatic rings. The molecule has 1 fully saturated rings. The van der Waals surface area contributed by atoms with Crippen LogP contribution in [0, 0.1) is 0 Å². The molecule has 7 heteroatoms. The van der Waals surface area contributed by atoms with Crippen molar-refractivity contribution in [2.75, 3.05) is 39.4 Å². The van der Waals surface area contributed by atoms with Crippen molar-refractivity contribution in [1.29, 1.82) is 0 Å². The second-order valence-electron chi connectivity index (χ2n) is 7.87. The summed E-state index contributed by atoms with van der Waals surface area (Å²) in [4.78, 5) is 2.36. The third-order valence-electron chi connectivity index (χ3n) is 3.94. The lowest BCUT2D eigenvalue weighted by atomic mass is 9.93. The summed E-state index contributed by atoms with van der Waals surface area (Å²) in [5.74, 6) is 0. The van der Waals surface area contributed by atoms with Crippen molar-refractivity contribution in [3.05, 3.63) is 0 Å². The minimum atomic E-state index is -4.18. The lowest BCUT2D eigenvalue weighted by molar-refractivity contribution is -0.128. The minimum absolute atomic E-state index is 0.100. The van der Waals surface area contributed by atoms with Gasteiger partial charge in [0.1, 0.15) is 0 Å². The fourth-order valence-corrected chi connectivity index (χ4v) is 3.26. The predicted octanol–water partition coefficient (Wildman–Crippen LogP) is 2.40. The van der Waals surface area contributed by atoms with Crippen LogP contribution in [0.25, 0.3) is 0 Å². The summed E-state index contributed by atoms with van der Waals surface area (Å²) >= 11 is 0. The summed E-state index contributed by atoms with van der Waals surface area (Å²) < 4.78 is 42.4. The third-order valence-corrected chi connectivity index (χ3v) is 3.94. The van der Waals surface area contributed by atoms with E-state index in [4.69, 9.17) is 4.74 Å². The molecule has 0 radical (unpaired) electrons. The molecule has 1 heterocycles. The van der Waals surface area contributed by atoms with Gasteiger partial charge in [0.2, 0.25) is 0 Å². The Morgan fingerprint density at radius 1 is 1.04 bits per heavy atom. The first-order valence-electron chi connectivity index (χ1n) is 8.28. The van der Waals surface area contributed by atoms with E-state index in [1.54, 1.807) is 0 Å². The average molecular weight is 339 g/mol. The molecule has 0 aromatic heterocycles. The highest BCUT2D eigenvalue weighted by Crippen LogP contribution is 2.19. The standard InChI is InChI=1S/C16H32F3N3O/c1-13(10-14(2,3)20-11-16(17,18)19)21-15(4,5)12-22-6-8-23-9-7-22/h13,20-21H,6-12H2,1-5H3. The number of rotatable bonds is 8. The molecule has 1 aliphatic rings. The fourth-order valence-electron chi connectivity index (χ4n) is 3.26. The third kappa shape index (κ3) is 9.49. The highest BCUT2D eigenvalue weighted by Gasteiger charge is 2.32. The molecule has 1 rings (SSSR count). The summed E-state index contributed by atoms with van der Waals surface area (Å²) in [6.45, 7) is 13.2. The van der Waals surface area contributed by atoms with Gasteiger partial charge in [0, 0.05) is 36.8 Å². The summed E-state index contributed by atoms with van der Waals surface area (Å²) in [7, 11) is 0. The van der Waals surface area contributed by atoms with E-state index >= 15 is 0 Å². The molecule has 0 aromatic carbocycles. The van der Waals surface area contributed by atoms with Gasteiger partial charge in [0.15, 0.2) is 0 Å². The summed E-state index contributed by atoms with van der Waals surface area (Å²) in [5.41, 5.74) is -0.673. The van der Waals surface area contributed by atoms with Gasteiger partial charge in [-0.25, -0.2) is 0 Å². The Bertz CT molecular complexity index is 353. The second-order valence-corrected chi connectivity index (χ2v) is 7.87. The lowest BCUT2D eigenvalue weighted by Crippen LogP contribution is -2.56. The van der Waals surface area contributed by atoms with Crippen molar-refractivity contribution in [2.45, 2.75) is 64.3 Å². The van der Waals surface area contributed by atoms with E-state index in [2.05, 4.69) is 29.4 Å². The normalized spacial score (nSPS) is 19.8. The van der Waals surface area contributed by atoms with Crippen molar-refractivity contribution in [3.63, 3.8) is 0 Å². The van der Waals surface area contributed by atoms with E-state index in [9.17, 15) is 13.2 Å². The minimum Gasteiger partial charge on any atom is -0.379 e. The predicted molar refractivity (Wildman–Crippen MR) is 86.7 cm³/mol. The zero-order valence-electron chi connectivity index (χ0n) is 15.0. The number of hydrogen-bond acceptors (Lipinski definition) is 4. The fraction of sp³-hybridized carbons (Fsp3) is 1.00. The van der Waals surface area contributed by atoms with Crippen LogP contribution in [0.4, 0.5) is 13.2 Å². The number of alkyl halides is 3. The monoisotopic (exact) mass is 339 g/mol. The zero-order chi connectivity index (χ0) is 17.7. The van der Waals surface area contributed by atoms with Gasteiger partial charge in [-0.3, -0.25) is 4.90 Å². The van der Waals surface area contributed by atoms with Crippen LogP contribution in [-0.2, 0) is 4.74 Å². The van der Waals surface area contributed by atoms with E-state index in [-0.39, 0.29) is 11.6 Å². The van der Waals surface area contributed by atoms with E-state index in [0.29, 0.717) is 6.42 Å². The first-order valence-corrected chi connectivity index (χ1v) is 8.28. The van der Waals surface area contributed by atoms with Gasteiger partial charge in [-0.1, -0.05) is 0 Å². The van der Waals surface area contributed by atoms with Crippen molar-refractivity contribution >= 4 is 0 Å². The molecule has 0 bridgehead atoms. The first kappa shape index (κ1) is 20.7. The Labute approximate surface area is 138 Å². The largest absolute Gasteiger partial charge is 0.401 e. The SMILES string of the molecule is CC(CC(C)(C)NCC(F)(F)F)NC(C)(C)CN1CCOCC1. The van der Waals surface area contributed by atoms with E-state index in [1.165, 1.54) is 0 Å². The molecule has 1 aliphatic heterocycles. The molecule has 23 heavy (non-hydrogen) atoms. The Kier molecular flexibility index (Phi) is 7.32. The number of halogens is 3. The topological polar surface area (TPSA) is 36.5 Å². The van der Waals surface area contributed by atoms with Crippen LogP contribution in [0.2, 0.25) is 0 Å². The van der Waals surface area contributed by atoms with Crippen molar-refractivity contribution in [2.24, 2.45) is 0 Å². The van der Waals surface area contributed by atoms with Crippen LogP contribution in [-0.4, -0.2) is 67.6 Å². The zero-order valence-corrected chi connectivity index (χ0v) is 15.0. The average Bonchev–Trinajstić information content (AvgIpc) is 2.34. The molecule has 1 unspecified atom stereocenters. The maximum Gasteiger partial charge on any atom is 0.401 e. The van der Waals surface area contributed by atoms with Crippen LogP contribution in [0.1, 0.15) is 41.0 Å². The number of nitrogens with zero attached hydrogens (tertiary/aromatic N) is 1. The van der Waals surface area contributed by atoms with Crippen LogP contribution in [0.3, 0.4) is 0 Å². The molecule has 0 spiro atoms. The summed E-state index contributed by atoms with van der Waals surface area (Å²) in [6.07, 6.45) is -3.56. The van der Waals surface area contributed by atoms with E-state index < -0.39 is 18.3 Å². The van der Waals surface area contributed by atoms with Crippen LogP contribution in [0.5, 0.6) is 0 Å². The van der Waals surface area contributed by atoms with E-state index in [1.807, 2.05) is 20.8 Å². The van der Waals surface area contributed by atoms with Crippen LogP contribution >= 0.6 is 0 Å². The number of hydrogen-bond donors (Lipinski definition) is 2. The highest BCUT2D eigenvalue weighted by atomic mass is 19.4. The Morgan fingerprint density at radius 3 is 2.13 bits per heavy atom.